The monoisotopic (exact) mass is 464 g/mol. The normalized spacial score (nSPS) is 11.9. The van der Waals surface area contributed by atoms with Crippen LogP contribution in [0.4, 0.5) is 17.6 Å². The summed E-state index contributed by atoms with van der Waals surface area (Å²) in [5.74, 6) is 0.550. The molecule has 0 aliphatic carbocycles. The van der Waals surface area contributed by atoms with Crippen LogP contribution in [-0.4, -0.2) is 42.4 Å². The third-order valence-electron chi connectivity index (χ3n) is 5.19. The lowest BCUT2D eigenvalue weighted by molar-refractivity contribution is 0.123. The number of hydrogen-bond donors (Lipinski definition) is 0. The summed E-state index contributed by atoms with van der Waals surface area (Å²) in [5, 5.41) is 9.70. The third kappa shape index (κ3) is 5.85. The summed E-state index contributed by atoms with van der Waals surface area (Å²) < 4.78 is 52.2. The maximum atomic E-state index is 12.4. The van der Waals surface area contributed by atoms with Gasteiger partial charge in [-0.3, -0.25) is 19.3 Å². The molecule has 0 bridgehead atoms. The number of aryl methyl sites for hydroxylation is 1. The van der Waals surface area contributed by atoms with Crippen LogP contribution in [0.25, 0.3) is 21.8 Å². The van der Waals surface area contributed by atoms with Crippen molar-refractivity contribution in [2.45, 2.75) is 72.4 Å². The topological polar surface area (TPSA) is 61.4 Å². The maximum Gasteiger partial charge on any atom is 0.257 e. The van der Waals surface area contributed by atoms with E-state index in [9.17, 15) is 17.6 Å². The Morgan fingerprint density at radius 2 is 1.30 bits per heavy atom. The predicted molar refractivity (Wildman–Crippen MR) is 120 cm³/mol. The van der Waals surface area contributed by atoms with Crippen LogP contribution < -0.4 is 0 Å². The van der Waals surface area contributed by atoms with E-state index in [-0.39, 0.29) is 24.9 Å². The first-order valence-corrected chi connectivity index (χ1v) is 10.8. The summed E-state index contributed by atoms with van der Waals surface area (Å²) >= 11 is 0. The lowest BCUT2D eigenvalue weighted by atomic mass is 10.1. The van der Waals surface area contributed by atoms with Gasteiger partial charge in [-0.15, -0.1) is 0 Å². The molecule has 4 aromatic heterocycles. The van der Waals surface area contributed by atoms with E-state index in [1.807, 2.05) is 39.8 Å². The highest BCUT2D eigenvalue weighted by molar-refractivity contribution is 5.81. The zero-order valence-electron chi connectivity index (χ0n) is 19.3. The zero-order chi connectivity index (χ0) is 24.3. The molecule has 0 saturated heterocycles. The van der Waals surface area contributed by atoms with Crippen molar-refractivity contribution in [1.82, 2.24) is 29.5 Å². The van der Waals surface area contributed by atoms with Crippen molar-refractivity contribution in [1.29, 1.82) is 0 Å². The van der Waals surface area contributed by atoms with Crippen LogP contribution in [0.15, 0.2) is 30.7 Å². The molecule has 0 aliphatic heterocycles. The van der Waals surface area contributed by atoms with Gasteiger partial charge in [0.05, 0.1) is 22.9 Å². The van der Waals surface area contributed by atoms with Gasteiger partial charge in [0, 0.05) is 34.6 Å². The fourth-order valence-electron chi connectivity index (χ4n) is 3.41. The van der Waals surface area contributed by atoms with E-state index in [1.54, 1.807) is 25.5 Å². The van der Waals surface area contributed by atoms with Gasteiger partial charge in [0.1, 0.15) is 13.1 Å². The Bertz CT molecular complexity index is 1210. The highest BCUT2D eigenvalue weighted by Gasteiger charge is 2.14. The molecule has 0 saturated carbocycles. The van der Waals surface area contributed by atoms with E-state index >= 15 is 0 Å². The molecule has 33 heavy (non-hydrogen) atoms. The highest BCUT2D eigenvalue weighted by atomic mass is 19.3. The second-order valence-corrected chi connectivity index (χ2v) is 8.48. The summed E-state index contributed by atoms with van der Waals surface area (Å²) in [6.45, 7) is 9.14. The number of nitrogens with zero attached hydrogens (tertiary/aromatic N) is 6. The van der Waals surface area contributed by atoms with Gasteiger partial charge in [0.15, 0.2) is 0 Å². The van der Waals surface area contributed by atoms with E-state index in [0.29, 0.717) is 0 Å². The lowest BCUT2D eigenvalue weighted by Gasteiger charge is -2.06. The second-order valence-electron chi connectivity index (χ2n) is 8.48. The molecule has 0 spiro atoms. The molecule has 10 heteroatoms. The molecule has 0 fully saturated rings. The molecule has 0 aliphatic rings. The van der Waals surface area contributed by atoms with Crippen molar-refractivity contribution in [3.8, 4) is 0 Å². The standard InChI is InChI=1S/C12H15F2N3.C11H13F2N3/c1-7(2)10-4-11-9(5-15-10)8(3)16-17(11)6-12(13)14;1-7(2)9-3-10-8(4-14-9)5-15-16(10)6-11(12)13/h4-5,7,12H,6H2,1-3H3;3-5,7,11H,6H2,1-2H3. The zero-order valence-corrected chi connectivity index (χ0v) is 19.3. The number of rotatable bonds is 6. The molecule has 0 N–H and O–H groups in total. The maximum absolute atomic E-state index is 12.4. The Kier molecular flexibility index (Phi) is 7.65. The molecular weight excluding hydrogens is 436 g/mol. The van der Waals surface area contributed by atoms with Crippen molar-refractivity contribution in [3.05, 3.63) is 47.8 Å². The smallest absolute Gasteiger partial charge is 0.257 e. The fraction of sp³-hybridized carbons (Fsp3) is 0.478. The summed E-state index contributed by atoms with van der Waals surface area (Å²) in [6.07, 6.45) is 0.176. The Morgan fingerprint density at radius 3 is 1.88 bits per heavy atom. The van der Waals surface area contributed by atoms with E-state index in [0.717, 1.165) is 38.9 Å². The second kappa shape index (κ2) is 10.3. The predicted octanol–water partition coefficient (Wildman–Crippen LogP) is 5.95. The van der Waals surface area contributed by atoms with Gasteiger partial charge in [0.25, 0.3) is 12.9 Å². The molecule has 0 aromatic carbocycles. The van der Waals surface area contributed by atoms with Crippen molar-refractivity contribution < 1.29 is 17.6 Å². The van der Waals surface area contributed by atoms with Gasteiger partial charge in [-0.25, -0.2) is 17.6 Å². The molecule has 0 atom stereocenters. The number of halogens is 4. The van der Waals surface area contributed by atoms with Crippen LogP contribution in [-0.2, 0) is 13.1 Å². The molecule has 0 unspecified atom stereocenters. The summed E-state index contributed by atoms with van der Waals surface area (Å²) in [6, 6.07) is 3.68. The Hall–Kier alpha value is -3.04. The van der Waals surface area contributed by atoms with Crippen molar-refractivity contribution >= 4 is 21.8 Å². The summed E-state index contributed by atoms with van der Waals surface area (Å²) in [7, 11) is 0. The Labute approximate surface area is 189 Å². The number of alkyl halides is 4. The average molecular weight is 465 g/mol. The first-order chi connectivity index (χ1) is 15.6. The molecule has 4 heterocycles. The van der Waals surface area contributed by atoms with E-state index < -0.39 is 12.9 Å². The lowest BCUT2D eigenvalue weighted by Crippen LogP contribution is -2.08. The van der Waals surface area contributed by atoms with Crippen LogP contribution in [0.3, 0.4) is 0 Å². The van der Waals surface area contributed by atoms with Crippen LogP contribution in [0.2, 0.25) is 0 Å². The van der Waals surface area contributed by atoms with Crippen LogP contribution in [0.5, 0.6) is 0 Å². The van der Waals surface area contributed by atoms with Gasteiger partial charge in [0.2, 0.25) is 0 Å². The molecule has 4 rings (SSSR count). The van der Waals surface area contributed by atoms with Gasteiger partial charge in [-0.2, -0.15) is 10.2 Å². The third-order valence-corrected chi connectivity index (χ3v) is 5.19. The minimum absolute atomic E-state index is 0.273. The molecule has 178 valence electrons. The van der Waals surface area contributed by atoms with Crippen LogP contribution in [0, 0.1) is 6.92 Å². The van der Waals surface area contributed by atoms with Gasteiger partial charge in [-0.1, -0.05) is 27.7 Å². The van der Waals surface area contributed by atoms with E-state index in [2.05, 4.69) is 20.2 Å². The van der Waals surface area contributed by atoms with E-state index in [4.69, 9.17) is 0 Å². The number of pyridine rings is 2. The van der Waals surface area contributed by atoms with Crippen LogP contribution in [0.1, 0.15) is 56.6 Å². The summed E-state index contributed by atoms with van der Waals surface area (Å²) in [5.41, 5.74) is 3.99. The number of fused-ring (bicyclic) bond motifs is 2. The van der Waals surface area contributed by atoms with Gasteiger partial charge >= 0.3 is 0 Å². The largest absolute Gasteiger partial charge is 0.260 e. The van der Waals surface area contributed by atoms with Crippen molar-refractivity contribution in [2.24, 2.45) is 0 Å². The minimum Gasteiger partial charge on any atom is -0.260 e. The average Bonchev–Trinajstić information content (AvgIpc) is 3.27. The summed E-state index contributed by atoms with van der Waals surface area (Å²) in [4.78, 5) is 8.58. The first kappa shape index (κ1) is 24.6. The van der Waals surface area contributed by atoms with Gasteiger partial charge < -0.3 is 0 Å². The number of aromatic nitrogens is 6. The Morgan fingerprint density at radius 1 is 0.758 bits per heavy atom. The van der Waals surface area contributed by atoms with Crippen molar-refractivity contribution in [2.75, 3.05) is 0 Å². The minimum atomic E-state index is -2.40. The Balaban J connectivity index is 0.000000186. The SMILES string of the molecule is CC(C)c1cc2c(cn1)cnn2CC(F)F.Cc1nn(CC(F)F)c2cc(C(C)C)ncc12. The molecule has 0 amide bonds. The molecule has 6 nitrogen and oxygen atoms in total. The fourth-order valence-corrected chi connectivity index (χ4v) is 3.41. The molecular formula is C23H28F4N6. The van der Waals surface area contributed by atoms with E-state index in [1.165, 1.54) is 9.36 Å². The molecule has 4 aromatic rings. The van der Waals surface area contributed by atoms with Gasteiger partial charge in [-0.05, 0) is 30.9 Å². The number of hydrogen-bond acceptors (Lipinski definition) is 4. The quantitative estimate of drug-likeness (QED) is 0.331. The van der Waals surface area contributed by atoms with Crippen molar-refractivity contribution in [3.63, 3.8) is 0 Å². The molecule has 0 radical (unpaired) electrons. The highest BCUT2D eigenvalue weighted by Crippen LogP contribution is 2.22. The van der Waals surface area contributed by atoms with Crippen LogP contribution >= 0.6 is 0 Å². The first-order valence-electron chi connectivity index (χ1n) is 10.8.